The molecule has 2 aromatic rings. The molecule has 29 heavy (non-hydrogen) atoms. The van der Waals surface area contributed by atoms with E-state index in [1.54, 1.807) is 18.2 Å². The van der Waals surface area contributed by atoms with E-state index in [1.165, 1.54) is 35.6 Å². The Hall–Kier alpha value is -2.05. The molecule has 0 fully saturated rings. The fourth-order valence-corrected chi connectivity index (χ4v) is 4.70. The normalized spacial score (nSPS) is 11.9. The van der Waals surface area contributed by atoms with Crippen molar-refractivity contribution in [1.29, 1.82) is 0 Å². The van der Waals surface area contributed by atoms with Crippen molar-refractivity contribution in [2.75, 3.05) is 11.4 Å². The van der Waals surface area contributed by atoms with Gasteiger partial charge in [0.15, 0.2) is 0 Å². The number of nitrogens with one attached hydrogen (secondary N) is 1. The molecule has 0 unspecified atom stereocenters. The SMILES string of the molecule is Cc1ccc(C(=O)NC(C(C)C)C(C)C)cc1N(C)S(=O)(=O)c1ccc(Cl)cc1. The van der Waals surface area contributed by atoms with E-state index < -0.39 is 10.0 Å². The topological polar surface area (TPSA) is 66.5 Å². The van der Waals surface area contributed by atoms with Gasteiger partial charge >= 0.3 is 0 Å². The summed E-state index contributed by atoms with van der Waals surface area (Å²) >= 11 is 5.87. The van der Waals surface area contributed by atoms with Crippen molar-refractivity contribution < 1.29 is 13.2 Å². The van der Waals surface area contributed by atoms with Crippen molar-refractivity contribution >= 4 is 33.2 Å². The highest BCUT2D eigenvalue weighted by Gasteiger charge is 2.25. The number of hydrogen-bond donors (Lipinski definition) is 1. The quantitative estimate of drug-likeness (QED) is 0.672. The Balaban J connectivity index is 2.37. The van der Waals surface area contributed by atoms with Gasteiger partial charge in [0.1, 0.15) is 0 Å². The van der Waals surface area contributed by atoms with E-state index in [0.29, 0.717) is 16.3 Å². The number of amides is 1. The summed E-state index contributed by atoms with van der Waals surface area (Å²) in [4.78, 5) is 13.0. The van der Waals surface area contributed by atoms with Gasteiger partial charge in [-0.15, -0.1) is 0 Å². The molecule has 2 aromatic carbocycles. The van der Waals surface area contributed by atoms with Crippen LogP contribution in [0, 0.1) is 18.8 Å². The molecule has 0 atom stereocenters. The van der Waals surface area contributed by atoms with Crippen molar-refractivity contribution in [3.8, 4) is 0 Å². The first kappa shape index (κ1) is 23.2. The minimum atomic E-state index is -3.78. The highest BCUT2D eigenvalue weighted by molar-refractivity contribution is 7.92. The minimum Gasteiger partial charge on any atom is -0.349 e. The summed E-state index contributed by atoms with van der Waals surface area (Å²) in [6.07, 6.45) is 0. The molecular weight excluding hydrogens is 408 g/mol. The standard InChI is InChI=1S/C22H29ClN2O3S/c1-14(2)21(15(3)4)24-22(26)17-8-7-16(5)20(13-17)25(6)29(27,28)19-11-9-18(23)10-12-19/h7-15,21H,1-6H3,(H,24,26). The second-order valence-electron chi connectivity index (χ2n) is 7.91. The Morgan fingerprint density at radius 2 is 1.55 bits per heavy atom. The number of anilines is 1. The molecule has 0 aromatic heterocycles. The number of nitrogens with zero attached hydrogens (tertiary/aromatic N) is 1. The van der Waals surface area contributed by atoms with Gasteiger partial charge in [-0.3, -0.25) is 9.10 Å². The number of rotatable bonds is 7. The zero-order chi connectivity index (χ0) is 21.9. The van der Waals surface area contributed by atoms with E-state index in [9.17, 15) is 13.2 Å². The van der Waals surface area contributed by atoms with Gasteiger partial charge in [-0.1, -0.05) is 45.4 Å². The first-order valence-electron chi connectivity index (χ1n) is 9.61. The second-order valence-corrected chi connectivity index (χ2v) is 10.3. The van der Waals surface area contributed by atoms with E-state index in [0.717, 1.165) is 5.56 Å². The third-order valence-corrected chi connectivity index (χ3v) is 7.05. The Morgan fingerprint density at radius 3 is 2.07 bits per heavy atom. The molecule has 1 N–H and O–H groups in total. The lowest BCUT2D eigenvalue weighted by Crippen LogP contribution is -2.42. The molecule has 158 valence electrons. The van der Waals surface area contributed by atoms with Gasteiger partial charge in [0.2, 0.25) is 0 Å². The fourth-order valence-electron chi connectivity index (χ4n) is 3.32. The van der Waals surface area contributed by atoms with Crippen LogP contribution in [-0.4, -0.2) is 27.4 Å². The van der Waals surface area contributed by atoms with Crippen LogP contribution < -0.4 is 9.62 Å². The van der Waals surface area contributed by atoms with Crippen LogP contribution in [0.2, 0.25) is 5.02 Å². The summed E-state index contributed by atoms with van der Waals surface area (Å²) in [6, 6.07) is 11.1. The summed E-state index contributed by atoms with van der Waals surface area (Å²) in [7, 11) is -2.30. The molecule has 7 heteroatoms. The van der Waals surface area contributed by atoms with Crippen LogP contribution in [0.5, 0.6) is 0 Å². The molecule has 0 aliphatic rings. The molecule has 0 radical (unpaired) electrons. The lowest BCUT2D eigenvalue weighted by Gasteiger charge is -2.26. The van der Waals surface area contributed by atoms with Gasteiger partial charge in [0, 0.05) is 23.7 Å². The third-order valence-electron chi connectivity index (χ3n) is 5.02. The van der Waals surface area contributed by atoms with E-state index in [-0.39, 0.29) is 28.7 Å². The van der Waals surface area contributed by atoms with Gasteiger partial charge < -0.3 is 5.32 Å². The Morgan fingerprint density at radius 1 is 1.00 bits per heavy atom. The summed E-state index contributed by atoms with van der Waals surface area (Å²) < 4.78 is 27.2. The Bertz CT molecular complexity index is 962. The van der Waals surface area contributed by atoms with Crippen LogP contribution in [0.1, 0.15) is 43.6 Å². The molecule has 0 bridgehead atoms. The maximum absolute atomic E-state index is 13.0. The zero-order valence-corrected chi connectivity index (χ0v) is 19.3. The van der Waals surface area contributed by atoms with Gasteiger partial charge in [-0.05, 0) is 60.7 Å². The lowest BCUT2D eigenvalue weighted by atomic mass is 9.93. The first-order valence-corrected chi connectivity index (χ1v) is 11.4. The largest absolute Gasteiger partial charge is 0.349 e. The molecule has 1 amide bonds. The molecule has 5 nitrogen and oxygen atoms in total. The second kappa shape index (κ2) is 9.18. The van der Waals surface area contributed by atoms with Crippen LogP contribution in [-0.2, 0) is 10.0 Å². The van der Waals surface area contributed by atoms with Crippen LogP contribution in [0.4, 0.5) is 5.69 Å². The number of carbonyl (C=O) groups is 1. The zero-order valence-electron chi connectivity index (χ0n) is 17.7. The van der Waals surface area contributed by atoms with E-state index >= 15 is 0 Å². The molecule has 0 aliphatic heterocycles. The van der Waals surface area contributed by atoms with E-state index in [1.807, 2.05) is 6.92 Å². The smallest absolute Gasteiger partial charge is 0.264 e. The summed E-state index contributed by atoms with van der Waals surface area (Å²) in [5, 5.41) is 3.54. The lowest BCUT2D eigenvalue weighted by molar-refractivity contribution is 0.0910. The molecular formula is C22H29ClN2O3S. The number of aryl methyl sites for hydroxylation is 1. The van der Waals surface area contributed by atoms with Gasteiger partial charge in [-0.2, -0.15) is 0 Å². The average Bonchev–Trinajstić information content (AvgIpc) is 2.65. The van der Waals surface area contributed by atoms with Crippen molar-refractivity contribution in [3.63, 3.8) is 0 Å². The van der Waals surface area contributed by atoms with Crippen LogP contribution in [0.3, 0.4) is 0 Å². The molecule has 0 spiro atoms. The Kier molecular flexibility index (Phi) is 7.35. The summed E-state index contributed by atoms with van der Waals surface area (Å²) in [5.74, 6) is 0.365. The Labute approximate surface area is 179 Å². The van der Waals surface area contributed by atoms with Gasteiger partial charge in [-0.25, -0.2) is 8.42 Å². The highest BCUT2D eigenvalue weighted by Crippen LogP contribution is 2.27. The molecule has 0 saturated heterocycles. The molecule has 0 aliphatic carbocycles. The third kappa shape index (κ3) is 5.31. The van der Waals surface area contributed by atoms with Crippen LogP contribution in [0.25, 0.3) is 0 Å². The fraction of sp³-hybridized carbons (Fsp3) is 0.409. The van der Waals surface area contributed by atoms with Crippen molar-refractivity contribution in [3.05, 3.63) is 58.6 Å². The number of sulfonamides is 1. The molecule has 2 rings (SSSR count). The van der Waals surface area contributed by atoms with Crippen molar-refractivity contribution in [2.45, 2.75) is 45.6 Å². The van der Waals surface area contributed by atoms with Crippen molar-refractivity contribution in [1.82, 2.24) is 5.32 Å². The monoisotopic (exact) mass is 436 g/mol. The van der Waals surface area contributed by atoms with Crippen molar-refractivity contribution in [2.24, 2.45) is 11.8 Å². The predicted molar refractivity (Wildman–Crippen MR) is 119 cm³/mol. The number of hydrogen-bond acceptors (Lipinski definition) is 3. The van der Waals surface area contributed by atoms with Gasteiger partial charge in [0.25, 0.3) is 15.9 Å². The summed E-state index contributed by atoms with van der Waals surface area (Å²) in [5.41, 5.74) is 1.64. The number of benzene rings is 2. The number of halogens is 1. The van der Waals surface area contributed by atoms with Crippen LogP contribution in [0.15, 0.2) is 47.4 Å². The number of carbonyl (C=O) groups excluding carboxylic acids is 1. The average molecular weight is 437 g/mol. The minimum absolute atomic E-state index is 0.0304. The van der Waals surface area contributed by atoms with E-state index in [2.05, 4.69) is 33.0 Å². The van der Waals surface area contributed by atoms with E-state index in [4.69, 9.17) is 11.6 Å². The van der Waals surface area contributed by atoms with Gasteiger partial charge in [0.05, 0.1) is 10.6 Å². The van der Waals surface area contributed by atoms with Crippen LogP contribution >= 0.6 is 11.6 Å². The molecule has 0 saturated carbocycles. The maximum atomic E-state index is 13.0. The highest BCUT2D eigenvalue weighted by atomic mass is 35.5. The first-order chi connectivity index (χ1) is 13.4. The summed E-state index contributed by atoms with van der Waals surface area (Å²) in [6.45, 7) is 10.1. The maximum Gasteiger partial charge on any atom is 0.264 e. The predicted octanol–water partition coefficient (Wildman–Crippen LogP) is 4.88. The molecule has 0 heterocycles.